The lowest BCUT2D eigenvalue weighted by atomic mass is 10.1. The molecule has 1 aromatic carbocycles. The van der Waals surface area contributed by atoms with Gasteiger partial charge in [0.05, 0.1) is 23.3 Å². The molecule has 0 aliphatic carbocycles. The van der Waals surface area contributed by atoms with Gasteiger partial charge in [0.25, 0.3) is 5.56 Å². The zero-order valence-corrected chi connectivity index (χ0v) is 13.9. The fourth-order valence-corrected chi connectivity index (χ4v) is 3.15. The number of hydrogen-bond acceptors (Lipinski definition) is 6. The van der Waals surface area contributed by atoms with Crippen LogP contribution in [0.4, 0.5) is 10.5 Å². The Bertz CT molecular complexity index is 1020. The van der Waals surface area contributed by atoms with E-state index in [1.807, 2.05) is 12.1 Å². The first-order valence-electron chi connectivity index (χ1n) is 8.35. The van der Waals surface area contributed by atoms with Crippen molar-refractivity contribution in [3.05, 3.63) is 40.9 Å². The summed E-state index contributed by atoms with van der Waals surface area (Å²) in [7, 11) is 0. The van der Waals surface area contributed by atoms with E-state index in [9.17, 15) is 9.59 Å². The molecule has 9 heteroatoms. The molecule has 0 saturated carbocycles. The van der Waals surface area contributed by atoms with Gasteiger partial charge in [-0.15, -0.1) is 0 Å². The van der Waals surface area contributed by atoms with Crippen molar-refractivity contribution in [2.45, 2.75) is 19.3 Å². The average molecular weight is 355 g/mol. The largest absolute Gasteiger partial charge is 0.511 e. The third-order valence-electron chi connectivity index (χ3n) is 4.38. The van der Waals surface area contributed by atoms with E-state index < -0.39 is 6.16 Å². The summed E-state index contributed by atoms with van der Waals surface area (Å²) in [6, 6.07) is 5.62. The number of carboxylic acid groups (broad SMARTS) is 1. The van der Waals surface area contributed by atoms with Gasteiger partial charge in [-0.3, -0.25) is 9.78 Å². The number of carbonyl (C=O) groups is 1. The lowest BCUT2D eigenvalue weighted by Crippen LogP contribution is -2.29. The zero-order chi connectivity index (χ0) is 18.1. The molecular weight excluding hydrogens is 338 g/mol. The molecule has 1 aliphatic rings. The summed E-state index contributed by atoms with van der Waals surface area (Å²) in [5.41, 5.74) is 1.31. The number of ether oxygens (including phenoxy) is 1. The molecule has 2 aromatic heterocycles. The Kier molecular flexibility index (Phi) is 4.04. The molecule has 0 amide bonds. The van der Waals surface area contributed by atoms with Gasteiger partial charge >= 0.3 is 6.16 Å². The first-order chi connectivity index (χ1) is 12.6. The Labute approximate surface area is 147 Å². The van der Waals surface area contributed by atoms with Gasteiger partial charge in [0, 0.05) is 18.8 Å². The van der Waals surface area contributed by atoms with Crippen LogP contribution < -0.4 is 15.2 Å². The van der Waals surface area contributed by atoms with Crippen LogP contribution in [0, 0.1) is 0 Å². The van der Waals surface area contributed by atoms with Crippen molar-refractivity contribution in [3.8, 4) is 11.7 Å². The van der Waals surface area contributed by atoms with Gasteiger partial charge in [-0.25, -0.2) is 14.5 Å². The molecule has 0 bridgehead atoms. The molecule has 0 radical (unpaired) electrons. The minimum Gasteiger partial charge on any atom is -0.449 e. The number of benzene rings is 1. The Hall–Kier alpha value is -3.36. The van der Waals surface area contributed by atoms with E-state index in [1.54, 1.807) is 6.07 Å². The molecule has 1 fully saturated rings. The molecule has 1 saturated heterocycles. The first kappa shape index (κ1) is 16.1. The third kappa shape index (κ3) is 3.10. The highest BCUT2D eigenvalue weighted by atomic mass is 16.7. The number of piperidine rings is 1. The number of fused-ring (bicyclic) bond motifs is 1. The number of H-pyrrole nitrogens is 1. The van der Waals surface area contributed by atoms with E-state index >= 15 is 0 Å². The maximum Gasteiger partial charge on any atom is 0.511 e. The number of aromatic amines is 1. The lowest BCUT2D eigenvalue weighted by Gasteiger charge is -2.28. The Balaban J connectivity index is 1.73. The van der Waals surface area contributed by atoms with Gasteiger partial charge in [0.15, 0.2) is 5.75 Å². The second-order valence-corrected chi connectivity index (χ2v) is 6.13. The fraction of sp³-hybridized carbons (Fsp3) is 0.294. The summed E-state index contributed by atoms with van der Waals surface area (Å²) >= 11 is 0. The molecule has 1 aliphatic heterocycles. The second-order valence-electron chi connectivity index (χ2n) is 6.13. The van der Waals surface area contributed by atoms with Gasteiger partial charge in [-0.05, 0) is 37.5 Å². The van der Waals surface area contributed by atoms with E-state index in [0.29, 0.717) is 10.9 Å². The topological polar surface area (TPSA) is 113 Å². The summed E-state index contributed by atoms with van der Waals surface area (Å²) < 4.78 is 5.81. The van der Waals surface area contributed by atoms with Crippen LogP contribution in [-0.2, 0) is 0 Å². The highest BCUT2D eigenvalue weighted by Gasteiger charge is 2.14. The van der Waals surface area contributed by atoms with Crippen molar-refractivity contribution < 1.29 is 14.6 Å². The van der Waals surface area contributed by atoms with Crippen molar-refractivity contribution in [3.63, 3.8) is 0 Å². The van der Waals surface area contributed by atoms with Crippen molar-refractivity contribution in [1.82, 2.24) is 19.7 Å². The summed E-state index contributed by atoms with van der Waals surface area (Å²) in [6.45, 7) is 1.99. The highest BCUT2D eigenvalue weighted by Crippen LogP contribution is 2.23. The van der Waals surface area contributed by atoms with Crippen LogP contribution in [0.5, 0.6) is 5.75 Å². The first-order valence-corrected chi connectivity index (χ1v) is 8.35. The number of aromatic nitrogens is 4. The monoisotopic (exact) mass is 355 g/mol. The van der Waals surface area contributed by atoms with Crippen LogP contribution in [0.15, 0.2) is 35.4 Å². The van der Waals surface area contributed by atoms with Gasteiger partial charge in [0.1, 0.15) is 0 Å². The molecule has 2 N–H and O–H groups in total. The molecule has 3 heterocycles. The molecule has 26 heavy (non-hydrogen) atoms. The summed E-state index contributed by atoms with van der Waals surface area (Å²) in [4.78, 5) is 32.4. The zero-order valence-electron chi connectivity index (χ0n) is 13.9. The second kappa shape index (κ2) is 6.51. The number of nitrogens with one attached hydrogen (secondary N) is 1. The van der Waals surface area contributed by atoms with E-state index in [-0.39, 0.29) is 17.3 Å². The molecule has 3 aromatic rings. The van der Waals surface area contributed by atoms with Crippen LogP contribution in [0.1, 0.15) is 19.3 Å². The van der Waals surface area contributed by atoms with Crippen LogP contribution in [0.25, 0.3) is 16.9 Å². The number of anilines is 1. The van der Waals surface area contributed by atoms with Crippen LogP contribution in [0.3, 0.4) is 0 Å². The van der Waals surface area contributed by atoms with Gasteiger partial charge in [0.2, 0.25) is 5.95 Å². The lowest BCUT2D eigenvalue weighted by molar-refractivity contribution is 0.144. The quantitative estimate of drug-likeness (QED) is 0.692. The van der Waals surface area contributed by atoms with Gasteiger partial charge in [-0.1, -0.05) is 0 Å². The Morgan fingerprint density at radius 1 is 1.23 bits per heavy atom. The predicted octanol–water partition coefficient (Wildman–Crippen LogP) is 2.16. The number of nitrogens with zero attached hydrogens (tertiary/aromatic N) is 4. The maximum atomic E-state index is 12.4. The van der Waals surface area contributed by atoms with Crippen LogP contribution in [-0.4, -0.2) is 44.1 Å². The standard InChI is InChI=1S/C17H17N5O4/c23-15-13-5-4-11(21-6-2-1-3-7-21)8-14(13)19-16(20-15)22-10-12(9-18-22)26-17(24)25/h4-5,8-10H,1-3,6-7H2,(H,24,25)(H,19,20,23). The normalized spacial score (nSPS) is 14.5. The molecule has 4 rings (SSSR count). The van der Waals surface area contributed by atoms with E-state index in [4.69, 9.17) is 5.11 Å². The van der Waals surface area contributed by atoms with E-state index in [1.165, 1.54) is 23.5 Å². The molecular formula is C17H17N5O4. The van der Waals surface area contributed by atoms with Crippen molar-refractivity contribution in [2.24, 2.45) is 0 Å². The number of rotatable bonds is 3. The third-order valence-corrected chi connectivity index (χ3v) is 4.38. The van der Waals surface area contributed by atoms with Crippen LogP contribution in [0.2, 0.25) is 0 Å². The average Bonchev–Trinajstić information content (AvgIpc) is 3.10. The van der Waals surface area contributed by atoms with Crippen molar-refractivity contribution in [1.29, 1.82) is 0 Å². The SMILES string of the molecule is O=C(O)Oc1cnn(-c2nc3cc(N4CCCCC4)ccc3c(=O)[nH]2)c1. The molecule has 9 nitrogen and oxygen atoms in total. The highest BCUT2D eigenvalue weighted by molar-refractivity contribution is 5.82. The van der Waals surface area contributed by atoms with Crippen molar-refractivity contribution >= 4 is 22.7 Å². The molecule has 134 valence electrons. The predicted molar refractivity (Wildman–Crippen MR) is 94.2 cm³/mol. The van der Waals surface area contributed by atoms with E-state index in [2.05, 4.69) is 24.7 Å². The minimum absolute atomic E-state index is 0.0438. The summed E-state index contributed by atoms with van der Waals surface area (Å²) in [6.07, 6.45) is 4.70. The van der Waals surface area contributed by atoms with E-state index in [0.717, 1.165) is 31.6 Å². The molecule has 0 atom stereocenters. The Morgan fingerprint density at radius 3 is 2.81 bits per heavy atom. The summed E-state index contributed by atoms with van der Waals surface area (Å²) in [5.74, 6) is 0.237. The van der Waals surface area contributed by atoms with Gasteiger partial charge < -0.3 is 14.7 Å². The number of hydrogen-bond donors (Lipinski definition) is 2. The van der Waals surface area contributed by atoms with Crippen molar-refractivity contribution in [2.75, 3.05) is 18.0 Å². The smallest absolute Gasteiger partial charge is 0.449 e. The minimum atomic E-state index is -1.43. The molecule has 0 unspecified atom stereocenters. The molecule has 0 spiro atoms. The van der Waals surface area contributed by atoms with Gasteiger partial charge in [-0.2, -0.15) is 5.10 Å². The Morgan fingerprint density at radius 2 is 2.04 bits per heavy atom. The van der Waals surface area contributed by atoms with Crippen LogP contribution >= 0.6 is 0 Å². The maximum absolute atomic E-state index is 12.4. The summed E-state index contributed by atoms with van der Waals surface area (Å²) in [5, 5.41) is 13.1. The fourth-order valence-electron chi connectivity index (χ4n) is 3.15.